The molecule has 0 aromatic heterocycles. The average molecular weight is 426 g/mol. The lowest BCUT2D eigenvalue weighted by molar-refractivity contribution is -0.384. The molecule has 0 aliphatic carbocycles. The van der Waals surface area contributed by atoms with Gasteiger partial charge in [0, 0.05) is 17.7 Å². The number of methoxy groups -OCH3 is 1. The quantitative estimate of drug-likeness (QED) is 0.301. The van der Waals surface area contributed by atoms with Crippen molar-refractivity contribution in [2.45, 2.75) is 13.5 Å². The molecule has 160 valence electrons. The standard InChI is InChI=1S/C26H22N2O4/c1-18-3-9-21(10-4-18)25-16-22(15-19-5-11-23(12-6-19)28(30)31)26(29)27(25)17-20-7-13-24(32-2)14-8-20/h3-16H,17H2,1-2H3/b22-15+. The fourth-order valence-electron chi connectivity index (χ4n) is 3.56. The Labute approximate surface area is 186 Å². The number of hydrogen-bond donors (Lipinski definition) is 0. The number of non-ortho nitro benzene ring substituents is 1. The van der Waals surface area contributed by atoms with E-state index in [1.54, 1.807) is 30.2 Å². The molecular weight excluding hydrogens is 404 g/mol. The van der Waals surface area contributed by atoms with Crippen LogP contribution >= 0.6 is 0 Å². The molecule has 0 spiro atoms. The number of hydrogen-bond acceptors (Lipinski definition) is 4. The van der Waals surface area contributed by atoms with Gasteiger partial charge in [0.1, 0.15) is 5.75 Å². The van der Waals surface area contributed by atoms with Crippen molar-refractivity contribution >= 4 is 23.4 Å². The van der Waals surface area contributed by atoms with Crippen molar-refractivity contribution in [3.05, 3.63) is 117 Å². The maximum Gasteiger partial charge on any atom is 0.269 e. The van der Waals surface area contributed by atoms with Gasteiger partial charge in [0.2, 0.25) is 0 Å². The van der Waals surface area contributed by atoms with Gasteiger partial charge in [-0.05, 0) is 60.0 Å². The lowest BCUT2D eigenvalue weighted by Gasteiger charge is -2.21. The number of amides is 1. The maximum atomic E-state index is 13.3. The zero-order valence-corrected chi connectivity index (χ0v) is 17.8. The van der Waals surface area contributed by atoms with Gasteiger partial charge >= 0.3 is 0 Å². The summed E-state index contributed by atoms with van der Waals surface area (Å²) >= 11 is 0. The van der Waals surface area contributed by atoms with E-state index in [1.165, 1.54) is 12.1 Å². The highest BCUT2D eigenvalue weighted by atomic mass is 16.6. The monoisotopic (exact) mass is 426 g/mol. The van der Waals surface area contributed by atoms with Crippen LogP contribution in [0.4, 0.5) is 5.69 Å². The molecule has 0 fully saturated rings. The first-order valence-corrected chi connectivity index (χ1v) is 10.1. The summed E-state index contributed by atoms with van der Waals surface area (Å²) in [5.41, 5.74) is 5.16. The van der Waals surface area contributed by atoms with Crippen molar-refractivity contribution in [3.63, 3.8) is 0 Å². The van der Waals surface area contributed by atoms with Crippen LogP contribution in [0.1, 0.15) is 22.3 Å². The van der Waals surface area contributed by atoms with Crippen LogP contribution in [0.5, 0.6) is 5.75 Å². The van der Waals surface area contributed by atoms with E-state index in [4.69, 9.17) is 4.74 Å². The molecule has 0 bridgehead atoms. The minimum absolute atomic E-state index is 0.0157. The molecule has 6 heteroatoms. The SMILES string of the molecule is COc1ccc(CN2C(=O)/C(=C/c3ccc([N+](=O)[O-])cc3)C=C2c2ccc(C)cc2)cc1. The third-order valence-electron chi connectivity index (χ3n) is 5.35. The molecule has 32 heavy (non-hydrogen) atoms. The van der Waals surface area contributed by atoms with Gasteiger partial charge in [0.05, 0.1) is 24.3 Å². The summed E-state index contributed by atoms with van der Waals surface area (Å²) in [7, 11) is 1.62. The molecule has 3 aromatic carbocycles. The van der Waals surface area contributed by atoms with Crippen molar-refractivity contribution in [2.75, 3.05) is 7.11 Å². The van der Waals surface area contributed by atoms with Crippen molar-refractivity contribution in [1.29, 1.82) is 0 Å². The Balaban J connectivity index is 1.69. The Morgan fingerprint density at radius 3 is 2.22 bits per heavy atom. The molecular formula is C26H22N2O4. The van der Waals surface area contributed by atoms with Crippen LogP contribution in [0.25, 0.3) is 11.8 Å². The van der Waals surface area contributed by atoms with Crippen molar-refractivity contribution in [2.24, 2.45) is 0 Å². The van der Waals surface area contributed by atoms with Crippen LogP contribution in [-0.2, 0) is 11.3 Å². The van der Waals surface area contributed by atoms with Gasteiger partial charge in [0.15, 0.2) is 0 Å². The number of benzene rings is 3. The molecule has 0 radical (unpaired) electrons. The van der Waals surface area contributed by atoms with Gasteiger partial charge in [-0.3, -0.25) is 14.9 Å². The second-order valence-electron chi connectivity index (χ2n) is 7.58. The molecule has 0 saturated carbocycles. The zero-order valence-electron chi connectivity index (χ0n) is 17.8. The summed E-state index contributed by atoms with van der Waals surface area (Å²) in [5, 5.41) is 10.9. The normalized spacial score (nSPS) is 14.6. The first-order chi connectivity index (χ1) is 15.4. The van der Waals surface area contributed by atoms with Crippen LogP contribution in [-0.4, -0.2) is 22.8 Å². The predicted octanol–water partition coefficient (Wildman–Crippen LogP) is 5.38. The number of carbonyl (C=O) groups is 1. The largest absolute Gasteiger partial charge is 0.497 e. The molecule has 6 nitrogen and oxygen atoms in total. The third-order valence-corrected chi connectivity index (χ3v) is 5.35. The molecule has 4 rings (SSSR count). The summed E-state index contributed by atoms with van der Waals surface area (Å²) in [6.45, 7) is 2.44. The number of nitro groups is 1. The Bertz CT molecular complexity index is 1210. The second kappa shape index (κ2) is 8.89. The second-order valence-corrected chi connectivity index (χ2v) is 7.58. The number of carbonyl (C=O) groups excluding carboxylic acids is 1. The summed E-state index contributed by atoms with van der Waals surface area (Å²) in [5.74, 6) is 0.643. The van der Waals surface area contributed by atoms with Gasteiger partial charge in [-0.1, -0.05) is 42.0 Å². The van der Waals surface area contributed by atoms with E-state index in [1.807, 2.05) is 61.5 Å². The van der Waals surface area contributed by atoms with Gasteiger partial charge in [-0.15, -0.1) is 0 Å². The summed E-state index contributed by atoms with van der Waals surface area (Å²) in [6, 6.07) is 21.8. The number of aryl methyl sites for hydroxylation is 1. The minimum atomic E-state index is -0.441. The lowest BCUT2D eigenvalue weighted by Crippen LogP contribution is -2.25. The summed E-state index contributed by atoms with van der Waals surface area (Å²) in [4.78, 5) is 25.6. The highest BCUT2D eigenvalue weighted by Gasteiger charge is 2.29. The van der Waals surface area contributed by atoms with Gasteiger partial charge in [0.25, 0.3) is 11.6 Å². The third kappa shape index (κ3) is 4.44. The molecule has 1 aliphatic rings. The average Bonchev–Trinajstić information content (AvgIpc) is 3.10. The number of rotatable bonds is 6. The minimum Gasteiger partial charge on any atom is -0.497 e. The van der Waals surface area contributed by atoms with Gasteiger partial charge in [-0.25, -0.2) is 0 Å². The number of nitrogens with zero attached hydrogens (tertiary/aromatic N) is 2. The Morgan fingerprint density at radius 1 is 0.969 bits per heavy atom. The van der Waals surface area contributed by atoms with E-state index in [2.05, 4.69) is 0 Å². The van der Waals surface area contributed by atoms with Gasteiger partial charge in [-0.2, -0.15) is 0 Å². The molecule has 3 aromatic rings. The van der Waals surface area contributed by atoms with Crippen molar-refractivity contribution in [1.82, 2.24) is 4.90 Å². The fraction of sp³-hybridized carbons (Fsp3) is 0.115. The van der Waals surface area contributed by atoms with Crippen LogP contribution in [0.2, 0.25) is 0 Å². The molecule has 0 N–H and O–H groups in total. The first kappa shape index (κ1) is 21.1. The summed E-state index contributed by atoms with van der Waals surface area (Å²) < 4.78 is 5.23. The zero-order chi connectivity index (χ0) is 22.7. The van der Waals surface area contributed by atoms with Crippen molar-refractivity contribution < 1.29 is 14.5 Å². The number of nitro benzene ring substituents is 1. The molecule has 1 heterocycles. The van der Waals surface area contributed by atoms with E-state index in [-0.39, 0.29) is 11.6 Å². The number of ether oxygens (including phenoxy) is 1. The van der Waals surface area contributed by atoms with E-state index in [0.29, 0.717) is 12.1 Å². The van der Waals surface area contributed by atoms with E-state index >= 15 is 0 Å². The first-order valence-electron chi connectivity index (χ1n) is 10.1. The molecule has 1 aliphatic heterocycles. The Kier molecular flexibility index (Phi) is 5.85. The van der Waals surface area contributed by atoms with E-state index in [0.717, 1.165) is 33.7 Å². The Morgan fingerprint density at radius 2 is 1.62 bits per heavy atom. The van der Waals surface area contributed by atoms with Crippen LogP contribution in [0.15, 0.2) is 84.4 Å². The molecule has 0 unspecified atom stereocenters. The van der Waals surface area contributed by atoms with E-state index < -0.39 is 4.92 Å². The highest BCUT2D eigenvalue weighted by molar-refractivity contribution is 6.10. The summed E-state index contributed by atoms with van der Waals surface area (Å²) in [6.07, 6.45) is 3.63. The molecule has 0 saturated heterocycles. The fourth-order valence-corrected chi connectivity index (χ4v) is 3.56. The predicted molar refractivity (Wildman–Crippen MR) is 124 cm³/mol. The topological polar surface area (TPSA) is 72.7 Å². The Hall–Kier alpha value is -4.19. The van der Waals surface area contributed by atoms with Crippen LogP contribution < -0.4 is 4.74 Å². The maximum absolute atomic E-state index is 13.3. The van der Waals surface area contributed by atoms with E-state index in [9.17, 15) is 14.9 Å². The van der Waals surface area contributed by atoms with Gasteiger partial charge < -0.3 is 9.64 Å². The van der Waals surface area contributed by atoms with Crippen LogP contribution in [0, 0.1) is 17.0 Å². The smallest absolute Gasteiger partial charge is 0.269 e. The molecule has 1 amide bonds. The van der Waals surface area contributed by atoms with Crippen LogP contribution in [0.3, 0.4) is 0 Å². The molecule has 0 atom stereocenters. The lowest BCUT2D eigenvalue weighted by atomic mass is 10.1. The van der Waals surface area contributed by atoms with Crippen molar-refractivity contribution in [3.8, 4) is 5.75 Å². The highest BCUT2D eigenvalue weighted by Crippen LogP contribution is 2.33.